The molecule has 1 saturated heterocycles. The number of carbonyl (C=O) groups excluding carboxylic acids is 2. The zero-order chi connectivity index (χ0) is 24.4. The van der Waals surface area contributed by atoms with Gasteiger partial charge in [-0.05, 0) is 64.0 Å². The van der Waals surface area contributed by atoms with E-state index in [9.17, 15) is 9.59 Å². The fourth-order valence-corrected chi connectivity index (χ4v) is 5.32. The number of hydrogen-bond donors (Lipinski definition) is 0. The van der Waals surface area contributed by atoms with E-state index in [1.54, 1.807) is 12.1 Å². The van der Waals surface area contributed by atoms with Crippen LogP contribution < -0.4 is 4.74 Å². The van der Waals surface area contributed by atoms with Crippen LogP contribution in [0.1, 0.15) is 16.7 Å². The Morgan fingerprint density at radius 3 is 2.51 bits per heavy atom. The SMILES string of the molecule is O=C1S/C(=C\c2cc(Br)ccc2OCc2cccc3ccccc23)C(=O)N1Cc1ccccc1Cl. The van der Waals surface area contributed by atoms with Crippen molar-refractivity contribution in [3.8, 4) is 5.75 Å². The first-order chi connectivity index (χ1) is 17.0. The summed E-state index contributed by atoms with van der Waals surface area (Å²) in [6, 6.07) is 27.1. The van der Waals surface area contributed by atoms with Crippen LogP contribution in [-0.4, -0.2) is 16.0 Å². The molecule has 0 unspecified atom stereocenters. The molecule has 0 spiro atoms. The Labute approximate surface area is 220 Å². The highest BCUT2D eigenvalue weighted by molar-refractivity contribution is 9.10. The molecule has 5 rings (SSSR count). The van der Waals surface area contributed by atoms with Gasteiger partial charge < -0.3 is 4.74 Å². The van der Waals surface area contributed by atoms with E-state index < -0.39 is 0 Å². The first-order valence-corrected chi connectivity index (χ1v) is 12.9. The lowest BCUT2D eigenvalue weighted by atomic mass is 10.1. The number of imide groups is 1. The van der Waals surface area contributed by atoms with Crippen LogP contribution in [0.2, 0.25) is 5.02 Å². The lowest BCUT2D eigenvalue weighted by molar-refractivity contribution is -0.123. The molecule has 1 heterocycles. The van der Waals surface area contributed by atoms with E-state index in [1.807, 2.05) is 60.7 Å². The summed E-state index contributed by atoms with van der Waals surface area (Å²) in [6.45, 7) is 0.502. The van der Waals surface area contributed by atoms with E-state index in [1.165, 1.54) is 4.90 Å². The highest BCUT2D eigenvalue weighted by Gasteiger charge is 2.35. The Morgan fingerprint density at radius 2 is 1.66 bits per heavy atom. The number of benzene rings is 4. The number of thioether (sulfide) groups is 1. The third kappa shape index (κ3) is 5.15. The molecule has 0 aromatic heterocycles. The lowest BCUT2D eigenvalue weighted by Gasteiger charge is -2.14. The summed E-state index contributed by atoms with van der Waals surface area (Å²) in [5.74, 6) is 0.277. The molecule has 2 amide bonds. The molecule has 35 heavy (non-hydrogen) atoms. The van der Waals surface area contributed by atoms with Crippen LogP contribution in [-0.2, 0) is 17.9 Å². The smallest absolute Gasteiger partial charge is 0.293 e. The molecule has 0 bridgehead atoms. The third-order valence-corrected chi connectivity index (χ3v) is 7.45. The van der Waals surface area contributed by atoms with Crippen molar-refractivity contribution in [3.05, 3.63) is 116 Å². The van der Waals surface area contributed by atoms with Crippen LogP contribution in [0, 0.1) is 0 Å². The molecule has 0 radical (unpaired) electrons. The number of hydrogen-bond acceptors (Lipinski definition) is 4. The fourth-order valence-electron chi connectivity index (χ4n) is 3.91. The standard InChI is InChI=1S/C28H19BrClNO3S/c29-22-12-13-25(34-17-20-9-5-8-18-6-1-3-10-23(18)20)21(14-22)15-26-27(32)31(28(33)35-26)16-19-7-2-4-11-24(19)30/h1-15H,16-17H2/b26-15-. The number of amides is 2. The highest BCUT2D eigenvalue weighted by atomic mass is 79.9. The Kier molecular flexibility index (Phi) is 6.95. The van der Waals surface area contributed by atoms with Gasteiger partial charge in [0.25, 0.3) is 11.1 Å². The molecule has 1 fully saturated rings. The van der Waals surface area contributed by atoms with Crippen LogP contribution in [0.5, 0.6) is 5.75 Å². The molecule has 174 valence electrons. The molecule has 0 saturated carbocycles. The van der Waals surface area contributed by atoms with Gasteiger partial charge in [0.1, 0.15) is 12.4 Å². The zero-order valence-electron chi connectivity index (χ0n) is 18.4. The van der Waals surface area contributed by atoms with E-state index in [0.717, 1.165) is 38.1 Å². The zero-order valence-corrected chi connectivity index (χ0v) is 21.6. The average Bonchev–Trinajstić information content (AvgIpc) is 3.12. The van der Waals surface area contributed by atoms with Crippen molar-refractivity contribution in [2.24, 2.45) is 0 Å². The summed E-state index contributed by atoms with van der Waals surface area (Å²) >= 11 is 10.6. The van der Waals surface area contributed by atoms with Crippen molar-refractivity contribution in [3.63, 3.8) is 0 Å². The van der Waals surface area contributed by atoms with Crippen LogP contribution in [0.3, 0.4) is 0 Å². The largest absolute Gasteiger partial charge is 0.488 e. The van der Waals surface area contributed by atoms with E-state index in [4.69, 9.17) is 16.3 Å². The Bertz CT molecular complexity index is 1480. The summed E-state index contributed by atoms with van der Waals surface area (Å²) in [6.07, 6.45) is 1.71. The van der Waals surface area contributed by atoms with Crippen molar-refractivity contribution in [1.29, 1.82) is 0 Å². The molecule has 4 nitrogen and oxygen atoms in total. The van der Waals surface area contributed by atoms with E-state index in [0.29, 0.717) is 27.8 Å². The average molecular weight is 565 g/mol. The fraction of sp³-hybridized carbons (Fsp3) is 0.0714. The second-order valence-corrected chi connectivity index (χ2v) is 10.3. The summed E-state index contributed by atoms with van der Waals surface area (Å²) in [5.41, 5.74) is 2.50. The van der Waals surface area contributed by atoms with Crippen LogP contribution in [0.15, 0.2) is 94.3 Å². The predicted molar refractivity (Wildman–Crippen MR) is 145 cm³/mol. The molecule has 1 aliphatic heterocycles. The van der Waals surface area contributed by atoms with Crippen LogP contribution in [0.4, 0.5) is 4.79 Å². The van der Waals surface area contributed by atoms with Gasteiger partial charge in [0, 0.05) is 15.1 Å². The Balaban J connectivity index is 1.40. The molecule has 0 N–H and O–H groups in total. The maximum atomic E-state index is 13.1. The normalized spacial score (nSPS) is 14.8. The maximum absolute atomic E-state index is 13.1. The molecule has 0 atom stereocenters. The molecule has 7 heteroatoms. The molecule has 4 aromatic carbocycles. The minimum absolute atomic E-state index is 0.130. The van der Waals surface area contributed by atoms with Crippen LogP contribution >= 0.6 is 39.3 Å². The van der Waals surface area contributed by atoms with E-state index in [2.05, 4.69) is 34.1 Å². The van der Waals surface area contributed by atoms with E-state index in [-0.39, 0.29) is 17.7 Å². The van der Waals surface area contributed by atoms with Gasteiger partial charge in [-0.1, -0.05) is 88.2 Å². The summed E-state index contributed by atoms with van der Waals surface area (Å²) < 4.78 is 7.04. The van der Waals surface area contributed by atoms with Gasteiger partial charge in [0.05, 0.1) is 11.4 Å². The molecular weight excluding hydrogens is 546 g/mol. The summed E-state index contributed by atoms with van der Waals surface area (Å²) in [7, 11) is 0. The number of carbonyl (C=O) groups is 2. The first kappa shape index (κ1) is 23.7. The van der Waals surface area contributed by atoms with Gasteiger partial charge in [0.15, 0.2) is 0 Å². The molecule has 0 aliphatic carbocycles. The molecule has 4 aromatic rings. The van der Waals surface area contributed by atoms with E-state index >= 15 is 0 Å². The predicted octanol–water partition coefficient (Wildman–Crippen LogP) is 8.07. The van der Waals surface area contributed by atoms with Crippen molar-refractivity contribution in [2.75, 3.05) is 0 Å². The monoisotopic (exact) mass is 563 g/mol. The van der Waals surface area contributed by atoms with Gasteiger partial charge in [-0.3, -0.25) is 14.5 Å². The van der Waals surface area contributed by atoms with Crippen molar-refractivity contribution >= 4 is 67.3 Å². The molecular formula is C28H19BrClNO3S. The minimum Gasteiger partial charge on any atom is -0.488 e. The lowest BCUT2D eigenvalue weighted by Crippen LogP contribution is -2.27. The third-order valence-electron chi connectivity index (χ3n) is 5.68. The summed E-state index contributed by atoms with van der Waals surface area (Å²) in [5, 5.41) is 2.48. The number of halogens is 2. The topological polar surface area (TPSA) is 46.6 Å². The second-order valence-electron chi connectivity index (χ2n) is 7.97. The van der Waals surface area contributed by atoms with Crippen LogP contribution in [0.25, 0.3) is 16.8 Å². The number of ether oxygens (including phenoxy) is 1. The van der Waals surface area contributed by atoms with Gasteiger partial charge in [-0.15, -0.1) is 0 Å². The van der Waals surface area contributed by atoms with Gasteiger partial charge in [-0.25, -0.2) is 0 Å². The van der Waals surface area contributed by atoms with Crippen molar-refractivity contribution in [2.45, 2.75) is 13.2 Å². The Morgan fingerprint density at radius 1 is 0.914 bits per heavy atom. The van der Waals surface area contributed by atoms with Gasteiger partial charge in [-0.2, -0.15) is 0 Å². The first-order valence-electron chi connectivity index (χ1n) is 10.9. The van der Waals surface area contributed by atoms with Gasteiger partial charge in [0.2, 0.25) is 0 Å². The van der Waals surface area contributed by atoms with Gasteiger partial charge >= 0.3 is 0 Å². The minimum atomic E-state index is -0.347. The Hall–Kier alpha value is -3.06. The van der Waals surface area contributed by atoms with Crippen molar-refractivity contribution < 1.29 is 14.3 Å². The number of rotatable bonds is 6. The number of nitrogens with zero attached hydrogens (tertiary/aromatic N) is 1. The number of fused-ring (bicyclic) bond motifs is 1. The second kappa shape index (κ2) is 10.3. The van der Waals surface area contributed by atoms with Crippen molar-refractivity contribution in [1.82, 2.24) is 4.90 Å². The maximum Gasteiger partial charge on any atom is 0.293 e. The quantitative estimate of drug-likeness (QED) is 0.222. The summed E-state index contributed by atoms with van der Waals surface area (Å²) in [4.78, 5) is 27.3. The highest BCUT2D eigenvalue weighted by Crippen LogP contribution is 2.36. The molecule has 1 aliphatic rings.